The Balaban J connectivity index is 0.000000152. The third kappa shape index (κ3) is 7.36. The quantitative estimate of drug-likeness (QED) is 0.157. The second-order valence-electron chi connectivity index (χ2n) is 14.4. The molecule has 2 aromatic carbocycles. The Kier molecular flexibility index (Phi) is 10.2. The number of rotatable bonds is 9. The highest BCUT2D eigenvalue weighted by Gasteiger charge is 2.31. The molecule has 0 radical (unpaired) electrons. The van der Waals surface area contributed by atoms with Crippen LogP contribution in [0.1, 0.15) is 60.0 Å². The SMILES string of the molecule is COCc1cnn(-c2cnn3ccc(N4CCC[C@@H]4c4cc(F)ccc4F)nc23)c1.OCc1cnn(-c2cnn3ccc(N4CCC[C@@H]4c4cc(F)ccc4F)nc23)c1. The Bertz CT molecular complexity index is 2760. The lowest BCUT2D eigenvalue weighted by atomic mass is 10.0. The summed E-state index contributed by atoms with van der Waals surface area (Å²) in [6.07, 6.45) is 17.0. The predicted molar refractivity (Wildman–Crippen MR) is 208 cm³/mol. The van der Waals surface area contributed by atoms with Crippen LogP contribution in [0.25, 0.3) is 22.7 Å². The molecule has 6 aromatic heterocycles. The molecule has 8 aromatic rings. The van der Waals surface area contributed by atoms with Crippen LogP contribution in [0, 0.1) is 23.3 Å². The fourth-order valence-electron chi connectivity index (χ4n) is 7.91. The zero-order chi connectivity index (χ0) is 40.6. The molecule has 59 heavy (non-hydrogen) atoms. The molecule has 2 aliphatic rings. The maximum absolute atomic E-state index is 14.4. The molecular weight excluding hydrogens is 769 g/mol. The molecule has 0 amide bonds. The van der Waals surface area contributed by atoms with E-state index in [1.165, 1.54) is 24.3 Å². The molecule has 2 aliphatic heterocycles. The van der Waals surface area contributed by atoms with Crippen LogP contribution in [0.3, 0.4) is 0 Å². The molecular formula is C41H38F4N12O2. The van der Waals surface area contributed by atoms with Crippen LogP contribution in [0.4, 0.5) is 29.2 Å². The lowest BCUT2D eigenvalue weighted by molar-refractivity contribution is 0.185. The molecule has 0 bridgehead atoms. The van der Waals surface area contributed by atoms with Crippen LogP contribution >= 0.6 is 0 Å². The van der Waals surface area contributed by atoms with Crippen molar-refractivity contribution >= 4 is 22.9 Å². The molecule has 18 heteroatoms. The van der Waals surface area contributed by atoms with Gasteiger partial charge in [-0.2, -0.15) is 20.4 Å². The van der Waals surface area contributed by atoms with Crippen molar-refractivity contribution in [3.05, 3.63) is 144 Å². The topological polar surface area (TPSA) is 132 Å². The Labute approximate surface area is 334 Å². The second kappa shape index (κ2) is 15.9. The number of aliphatic hydroxyl groups is 1. The van der Waals surface area contributed by atoms with Gasteiger partial charge >= 0.3 is 0 Å². The van der Waals surface area contributed by atoms with Gasteiger partial charge < -0.3 is 19.6 Å². The van der Waals surface area contributed by atoms with E-state index >= 15 is 0 Å². The highest BCUT2D eigenvalue weighted by atomic mass is 19.1. The Morgan fingerprint density at radius 3 is 1.61 bits per heavy atom. The maximum atomic E-state index is 14.4. The van der Waals surface area contributed by atoms with Crippen molar-refractivity contribution in [2.45, 2.75) is 51.0 Å². The summed E-state index contributed by atoms with van der Waals surface area (Å²) in [7, 11) is 1.63. The van der Waals surface area contributed by atoms with Crippen LogP contribution in [0.2, 0.25) is 0 Å². The number of ether oxygens (including phenoxy) is 1. The minimum atomic E-state index is -0.451. The van der Waals surface area contributed by atoms with E-state index in [-0.39, 0.29) is 18.7 Å². The summed E-state index contributed by atoms with van der Waals surface area (Å²) in [6, 6.07) is 10.3. The highest BCUT2D eigenvalue weighted by molar-refractivity contribution is 5.62. The summed E-state index contributed by atoms with van der Waals surface area (Å²) in [6.45, 7) is 1.77. The summed E-state index contributed by atoms with van der Waals surface area (Å²) in [4.78, 5) is 13.6. The fourth-order valence-corrected chi connectivity index (χ4v) is 7.91. The largest absolute Gasteiger partial charge is 0.392 e. The van der Waals surface area contributed by atoms with E-state index in [0.29, 0.717) is 65.0 Å². The van der Waals surface area contributed by atoms with Gasteiger partial charge in [0.15, 0.2) is 11.3 Å². The summed E-state index contributed by atoms with van der Waals surface area (Å²) >= 11 is 0. The summed E-state index contributed by atoms with van der Waals surface area (Å²) in [5.74, 6) is -0.345. The van der Waals surface area contributed by atoms with Crippen molar-refractivity contribution in [1.82, 2.24) is 48.8 Å². The molecule has 0 unspecified atom stereocenters. The first-order valence-corrected chi connectivity index (χ1v) is 19.1. The van der Waals surface area contributed by atoms with Crippen molar-refractivity contribution in [3.8, 4) is 11.4 Å². The predicted octanol–water partition coefficient (Wildman–Crippen LogP) is 6.71. The number of fused-ring (bicyclic) bond motifs is 2. The van der Waals surface area contributed by atoms with Gasteiger partial charge in [-0.25, -0.2) is 45.9 Å². The Morgan fingerprint density at radius 2 is 1.14 bits per heavy atom. The lowest BCUT2D eigenvalue weighted by Crippen LogP contribution is -2.24. The van der Waals surface area contributed by atoms with Crippen LogP contribution in [0.15, 0.2) is 98.1 Å². The van der Waals surface area contributed by atoms with Gasteiger partial charge in [-0.1, -0.05) is 0 Å². The number of hydrogen-bond acceptors (Lipinski definition) is 10. The van der Waals surface area contributed by atoms with Gasteiger partial charge in [-0.3, -0.25) is 0 Å². The molecule has 10 rings (SSSR count). The third-order valence-electron chi connectivity index (χ3n) is 10.7. The first-order chi connectivity index (χ1) is 28.8. The number of nitrogens with zero attached hydrogens (tertiary/aromatic N) is 12. The van der Waals surface area contributed by atoms with Gasteiger partial charge in [0, 0.05) is 67.2 Å². The number of aliphatic hydroxyl groups excluding tert-OH is 1. The smallest absolute Gasteiger partial charge is 0.183 e. The first kappa shape index (κ1) is 37.9. The molecule has 8 heterocycles. The standard InChI is InChI=1S/C21H20F2N6O.C20H18F2N6O/c1-30-13-14-10-24-29(12-14)19-11-25-28-8-6-20(26-21(19)28)27-7-2-3-18(27)16-9-15(22)4-5-17(16)23;21-14-3-4-16(22)15(8-14)17-2-1-6-26(17)19-5-7-27-20(25-19)18(10-24-27)28-11-13(12-29)9-23-28/h4-6,8-12,18H,2-3,7,13H2,1H3;3-5,7-11,17,29H,1-2,6,12H2/t18-;17-/m11/s1. The van der Waals surface area contributed by atoms with Crippen molar-refractivity contribution in [3.63, 3.8) is 0 Å². The number of benzene rings is 2. The van der Waals surface area contributed by atoms with E-state index in [1.807, 2.05) is 34.3 Å². The zero-order valence-electron chi connectivity index (χ0n) is 31.8. The van der Waals surface area contributed by atoms with Crippen molar-refractivity contribution < 1.29 is 27.4 Å². The summed E-state index contributed by atoms with van der Waals surface area (Å²) < 4.78 is 68.1. The minimum absolute atomic E-state index is 0.105. The molecule has 302 valence electrons. The van der Waals surface area contributed by atoms with E-state index in [1.54, 1.807) is 62.7 Å². The van der Waals surface area contributed by atoms with E-state index < -0.39 is 23.3 Å². The molecule has 2 fully saturated rings. The van der Waals surface area contributed by atoms with Crippen LogP contribution in [-0.2, 0) is 18.0 Å². The monoisotopic (exact) mass is 806 g/mol. The highest BCUT2D eigenvalue weighted by Crippen LogP contribution is 2.38. The second-order valence-corrected chi connectivity index (χ2v) is 14.4. The molecule has 0 spiro atoms. The molecule has 1 N–H and O–H groups in total. The van der Waals surface area contributed by atoms with Gasteiger partial charge in [-0.05, 0) is 74.2 Å². The Morgan fingerprint density at radius 1 is 0.644 bits per heavy atom. The number of hydrogen-bond donors (Lipinski definition) is 1. The fraction of sp³-hybridized carbons (Fsp3) is 0.268. The van der Waals surface area contributed by atoms with Crippen LogP contribution < -0.4 is 9.80 Å². The van der Waals surface area contributed by atoms with Gasteiger partial charge in [0.25, 0.3) is 0 Å². The molecule has 0 aliphatic carbocycles. The summed E-state index contributed by atoms with van der Waals surface area (Å²) in [5.41, 5.74) is 4.93. The van der Waals surface area contributed by atoms with Gasteiger partial charge in [0.05, 0.1) is 50.1 Å². The average molecular weight is 807 g/mol. The number of aromatic nitrogens is 10. The normalized spacial score (nSPS) is 16.7. The molecule has 2 atom stereocenters. The average Bonchev–Trinajstić information content (AvgIpc) is 4.11. The van der Waals surface area contributed by atoms with Gasteiger partial charge in [-0.15, -0.1) is 0 Å². The van der Waals surface area contributed by atoms with E-state index in [2.05, 4.69) is 20.4 Å². The minimum Gasteiger partial charge on any atom is -0.392 e. The van der Waals surface area contributed by atoms with Gasteiger partial charge in [0.1, 0.15) is 46.3 Å². The van der Waals surface area contributed by atoms with E-state index in [9.17, 15) is 22.7 Å². The van der Waals surface area contributed by atoms with Gasteiger partial charge in [0.2, 0.25) is 0 Å². The first-order valence-electron chi connectivity index (χ1n) is 19.1. The number of halogens is 4. The Hall–Kier alpha value is -6.66. The van der Waals surface area contributed by atoms with Crippen molar-refractivity contribution in [2.24, 2.45) is 0 Å². The number of anilines is 2. The molecule has 0 saturated carbocycles. The van der Waals surface area contributed by atoms with Crippen molar-refractivity contribution in [2.75, 3.05) is 30.0 Å². The maximum Gasteiger partial charge on any atom is 0.183 e. The van der Waals surface area contributed by atoms with E-state index in [4.69, 9.17) is 14.7 Å². The molecule has 14 nitrogen and oxygen atoms in total. The molecule has 2 saturated heterocycles. The third-order valence-corrected chi connectivity index (χ3v) is 10.7. The van der Waals surface area contributed by atoms with Crippen LogP contribution in [-0.4, -0.2) is 74.1 Å². The zero-order valence-corrected chi connectivity index (χ0v) is 31.8. The van der Waals surface area contributed by atoms with Crippen molar-refractivity contribution in [1.29, 1.82) is 0 Å². The van der Waals surface area contributed by atoms with E-state index in [0.717, 1.165) is 49.1 Å². The lowest BCUT2D eigenvalue weighted by Gasteiger charge is -2.26. The van der Waals surface area contributed by atoms with Crippen LogP contribution in [0.5, 0.6) is 0 Å². The number of methoxy groups -OCH3 is 1. The summed E-state index contributed by atoms with van der Waals surface area (Å²) in [5, 5.41) is 26.6.